The first kappa shape index (κ1) is 20.0. The quantitative estimate of drug-likeness (QED) is 0.599. The fourth-order valence-electron chi connectivity index (χ4n) is 3.49. The van der Waals surface area contributed by atoms with Crippen LogP contribution in [-0.2, 0) is 11.3 Å². The lowest BCUT2D eigenvalue weighted by Gasteiger charge is -2.29. The highest BCUT2D eigenvalue weighted by molar-refractivity contribution is 7.21. The second-order valence-electron chi connectivity index (χ2n) is 7.38. The third kappa shape index (κ3) is 4.34. The molecule has 0 unspecified atom stereocenters. The fraction of sp³-hybridized carbons (Fsp3) is 0.381. The number of esters is 1. The smallest absolute Gasteiger partial charge is 0.350 e. The van der Waals surface area contributed by atoms with Crippen molar-refractivity contribution in [1.82, 2.24) is 9.88 Å². The third-order valence-electron chi connectivity index (χ3n) is 5.27. The Morgan fingerprint density at radius 1 is 1.28 bits per heavy atom. The summed E-state index contributed by atoms with van der Waals surface area (Å²) in [7, 11) is 1.34. The minimum Gasteiger partial charge on any atom is -0.465 e. The monoisotopic (exact) mass is 429 g/mol. The number of fused-ring (bicyclic) bond motifs is 1. The Labute approximate surface area is 177 Å². The van der Waals surface area contributed by atoms with Gasteiger partial charge in [0, 0.05) is 17.3 Å². The minimum absolute atomic E-state index is 0.248. The Morgan fingerprint density at radius 2 is 2.07 bits per heavy atom. The molecule has 1 saturated heterocycles. The molecular weight excluding hydrogens is 406 g/mol. The number of thiophene rings is 2. The van der Waals surface area contributed by atoms with E-state index in [4.69, 9.17) is 9.72 Å². The predicted octanol–water partition coefficient (Wildman–Crippen LogP) is 4.63. The van der Waals surface area contributed by atoms with Crippen LogP contribution >= 0.6 is 22.7 Å². The molecule has 3 aromatic heterocycles. The number of carbonyl (C=O) groups is 2. The van der Waals surface area contributed by atoms with Crippen LogP contribution in [0, 0.1) is 5.92 Å². The Morgan fingerprint density at radius 3 is 2.76 bits per heavy atom. The molecule has 1 aliphatic heterocycles. The average molecular weight is 430 g/mol. The second kappa shape index (κ2) is 8.61. The lowest BCUT2D eigenvalue weighted by molar-refractivity contribution is 0.0607. The van der Waals surface area contributed by atoms with Gasteiger partial charge >= 0.3 is 5.97 Å². The fourth-order valence-corrected chi connectivity index (χ4v) is 5.20. The van der Waals surface area contributed by atoms with Crippen LogP contribution in [0.1, 0.15) is 45.5 Å². The van der Waals surface area contributed by atoms with Crippen LogP contribution in [-0.4, -0.2) is 42.0 Å². The topological polar surface area (TPSA) is 71.5 Å². The number of ether oxygens (including phenoxy) is 1. The van der Waals surface area contributed by atoms with Gasteiger partial charge in [0.25, 0.3) is 5.91 Å². The van der Waals surface area contributed by atoms with Crippen molar-refractivity contribution in [3.05, 3.63) is 45.1 Å². The normalized spacial score (nSPS) is 15.5. The van der Waals surface area contributed by atoms with Gasteiger partial charge in [0.2, 0.25) is 0 Å². The van der Waals surface area contributed by atoms with Gasteiger partial charge in [-0.25, -0.2) is 9.78 Å². The van der Waals surface area contributed by atoms with E-state index in [1.807, 2.05) is 17.5 Å². The van der Waals surface area contributed by atoms with Crippen LogP contribution in [0.25, 0.3) is 10.2 Å². The summed E-state index contributed by atoms with van der Waals surface area (Å²) >= 11 is 2.71. The zero-order valence-electron chi connectivity index (χ0n) is 16.4. The van der Waals surface area contributed by atoms with E-state index in [2.05, 4.69) is 17.1 Å². The first-order chi connectivity index (χ1) is 14.0. The van der Waals surface area contributed by atoms with Crippen molar-refractivity contribution in [3.8, 4) is 0 Å². The Balaban J connectivity index is 1.63. The summed E-state index contributed by atoms with van der Waals surface area (Å²) in [5, 5.41) is 7.26. The molecule has 0 radical (unpaired) electrons. The maximum absolute atomic E-state index is 12.6. The van der Waals surface area contributed by atoms with Gasteiger partial charge in [-0.2, -0.15) is 11.3 Å². The number of carbonyl (C=O) groups excluding carboxylic acids is 2. The molecule has 0 aliphatic carbocycles. The average Bonchev–Trinajstić information content (AvgIpc) is 3.38. The number of methoxy groups -OCH3 is 1. The van der Waals surface area contributed by atoms with Crippen molar-refractivity contribution in [2.24, 2.45) is 5.92 Å². The summed E-state index contributed by atoms with van der Waals surface area (Å²) < 4.78 is 4.93. The summed E-state index contributed by atoms with van der Waals surface area (Å²) in [4.78, 5) is 33.2. The molecule has 0 saturated carbocycles. The Bertz CT molecular complexity index is 1020. The van der Waals surface area contributed by atoms with Crippen molar-refractivity contribution in [1.29, 1.82) is 0 Å². The van der Waals surface area contributed by atoms with Gasteiger partial charge in [-0.1, -0.05) is 6.92 Å². The van der Waals surface area contributed by atoms with Crippen LogP contribution in [0.15, 0.2) is 29.0 Å². The number of piperidine rings is 1. The summed E-state index contributed by atoms with van der Waals surface area (Å²) in [5.41, 5.74) is 2.01. The summed E-state index contributed by atoms with van der Waals surface area (Å²) in [6.45, 7) is 5.26. The molecule has 1 N–H and O–H groups in total. The predicted molar refractivity (Wildman–Crippen MR) is 117 cm³/mol. The van der Waals surface area contributed by atoms with Crippen molar-refractivity contribution < 1.29 is 14.3 Å². The molecule has 8 heteroatoms. The van der Waals surface area contributed by atoms with Crippen LogP contribution in [0.5, 0.6) is 0 Å². The zero-order chi connectivity index (χ0) is 20.4. The molecule has 4 rings (SSSR count). The maximum Gasteiger partial charge on any atom is 0.350 e. The number of hydrogen-bond acceptors (Lipinski definition) is 7. The Kier molecular flexibility index (Phi) is 5.94. The molecule has 3 aromatic rings. The van der Waals surface area contributed by atoms with E-state index in [1.54, 1.807) is 11.4 Å². The molecule has 0 aromatic carbocycles. The largest absolute Gasteiger partial charge is 0.465 e. The first-order valence-electron chi connectivity index (χ1n) is 9.61. The van der Waals surface area contributed by atoms with E-state index in [0.29, 0.717) is 16.1 Å². The van der Waals surface area contributed by atoms with Gasteiger partial charge < -0.3 is 10.1 Å². The highest BCUT2D eigenvalue weighted by Gasteiger charge is 2.23. The van der Waals surface area contributed by atoms with Crippen LogP contribution < -0.4 is 5.32 Å². The second-order valence-corrected chi connectivity index (χ2v) is 9.16. The Hall–Kier alpha value is -2.29. The van der Waals surface area contributed by atoms with Crippen molar-refractivity contribution in [2.45, 2.75) is 26.3 Å². The maximum atomic E-state index is 12.6. The number of rotatable bonds is 5. The lowest BCUT2D eigenvalue weighted by Crippen LogP contribution is -2.32. The van der Waals surface area contributed by atoms with Crippen LogP contribution in [0.3, 0.4) is 0 Å². The molecule has 0 bridgehead atoms. The molecule has 1 aliphatic rings. The van der Waals surface area contributed by atoms with Crippen molar-refractivity contribution in [3.63, 3.8) is 0 Å². The third-order valence-corrected chi connectivity index (χ3v) is 7.03. The van der Waals surface area contributed by atoms with Gasteiger partial charge in [-0.05, 0) is 55.4 Å². The highest BCUT2D eigenvalue weighted by atomic mass is 32.1. The van der Waals surface area contributed by atoms with E-state index in [0.717, 1.165) is 41.5 Å². The van der Waals surface area contributed by atoms with E-state index >= 15 is 0 Å². The van der Waals surface area contributed by atoms with Gasteiger partial charge in [-0.3, -0.25) is 9.69 Å². The number of pyridine rings is 1. The molecule has 0 atom stereocenters. The van der Waals surface area contributed by atoms with Crippen LogP contribution in [0.2, 0.25) is 0 Å². The van der Waals surface area contributed by atoms with E-state index in [9.17, 15) is 9.59 Å². The molecule has 1 fully saturated rings. The van der Waals surface area contributed by atoms with Gasteiger partial charge in [0.1, 0.15) is 9.71 Å². The molecule has 152 valence electrons. The zero-order valence-corrected chi connectivity index (χ0v) is 18.1. The summed E-state index contributed by atoms with van der Waals surface area (Å²) in [6.07, 6.45) is 2.43. The minimum atomic E-state index is -0.472. The van der Waals surface area contributed by atoms with Crippen molar-refractivity contribution >= 4 is 50.5 Å². The first-order valence-corrected chi connectivity index (χ1v) is 11.4. The van der Waals surface area contributed by atoms with Gasteiger partial charge in [0.05, 0.1) is 24.1 Å². The van der Waals surface area contributed by atoms with Crippen molar-refractivity contribution in [2.75, 3.05) is 25.5 Å². The molecular formula is C21H23N3O3S2. The number of amides is 1. The highest BCUT2D eigenvalue weighted by Crippen LogP contribution is 2.36. The molecule has 29 heavy (non-hydrogen) atoms. The summed E-state index contributed by atoms with van der Waals surface area (Å²) in [6, 6.07) is 5.67. The lowest BCUT2D eigenvalue weighted by atomic mass is 9.99. The van der Waals surface area contributed by atoms with Crippen LogP contribution in [0.4, 0.5) is 5.69 Å². The van der Waals surface area contributed by atoms with E-state index in [-0.39, 0.29) is 5.91 Å². The number of anilines is 1. The number of nitrogens with one attached hydrogen (secondary N) is 1. The van der Waals surface area contributed by atoms with Gasteiger partial charge in [-0.15, -0.1) is 11.3 Å². The number of likely N-dealkylation sites (tertiary alicyclic amines) is 1. The number of hydrogen-bond donors (Lipinski definition) is 1. The molecule has 6 nitrogen and oxygen atoms in total. The molecule has 1 amide bonds. The molecule has 4 heterocycles. The SMILES string of the molecule is COC(=O)c1sc2nc(CN3CCC(C)CC3)ccc2c1NC(=O)c1ccsc1. The van der Waals surface area contributed by atoms with E-state index in [1.165, 1.54) is 42.6 Å². The standard InChI is InChI=1S/C21H23N3O3S2/c1-13-5-8-24(9-6-13)11-15-3-4-16-17(23-19(25)14-7-10-28-12-14)18(21(26)27-2)29-20(16)22-15/h3-4,7,10,12-13H,5-6,8-9,11H2,1-2H3,(H,23,25). The number of aromatic nitrogens is 1. The van der Waals surface area contributed by atoms with Gasteiger partial charge in [0.15, 0.2) is 0 Å². The van der Waals surface area contributed by atoms with E-state index < -0.39 is 5.97 Å². The molecule has 0 spiro atoms. The summed E-state index contributed by atoms with van der Waals surface area (Å²) in [5.74, 6) is 0.0683. The number of nitrogens with zero attached hydrogens (tertiary/aromatic N) is 2.